The van der Waals surface area contributed by atoms with E-state index in [0.29, 0.717) is 33.7 Å². The van der Waals surface area contributed by atoms with Crippen molar-refractivity contribution in [3.8, 4) is 0 Å². The summed E-state index contributed by atoms with van der Waals surface area (Å²) in [5.41, 5.74) is 2.07. The fraction of sp³-hybridized carbons (Fsp3) is 0.231. The monoisotopic (exact) mass is 531 g/mol. The number of hydrogen-bond acceptors (Lipinski definition) is 6. The molecule has 25 heavy (non-hydrogen) atoms. The van der Waals surface area contributed by atoms with Crippen molar-refractivity contribution in [2.45, 2.75) is 6.42 Å². The molecule has 7 nitrogen and oxygen atoms in total. The van der Waals surface area contributed by atoms with E-state index >= 15 is 0 Å². The smallest absolute Gasteiger partial charge is 0.225 e. The van der Waals surface area contributed by atoms with Gasteiger partial charge in [0.2, 0.25) is 10.6 Å². The van der Waals surface area contributed by atoms with E-state index in [2.05, 4.69) is 52.5 Å². The second kappa shape index (κ2) is 9.22. The lowest BCUT2D eigenvalue weighted by molar-refractivity contribution is 0.944. The first-order chi connectivity index (χ1) is 12.0. The molecule has 0 radical (unpaired) electrons. The molecule has 0 N–H and O–H groups in total. The van der Waals surface area contributed by atoms with Crippen molar-refractivity contribution in [3.63, 3.8) is 0 Å². The zero-order chi connectivity index (χ0) is 18.6. The summed E-state index contributed by atoms with van der Waals surface area (Å²) in [5.74, 6) is 0.593. The summed E-state index contributed by atoms with van der Waals surface area (Å²) >= 11 is 24.8. The Morgan fingerprint density at radius 3 is 2.32 bits per heavy atom. The summed E-state index contributed by atoms with van der Waals surface area (Å²) in [6, 6.07) is 0. The molecule has 132 valence electrons. The van der Waals surface area contributed by atoms with Crippen LogP contribution in [0.4, 0.5) is 5.82 Å². The first-order valence-corrected chi connectivity index (χ1v) is 10.2. The SMILES string of the molecule is CI.Clc1nc(Cl)c2c(n1)N=CC2.Cn1cnc2nc(Cl)nc(Cl)c21. The van der Waals surface area contributed by atoms with Gasteiger partial charge in [0.25, 0.3) is 0 Å². The van der Waals surface area contributed by atoms with Gasteiger partial charge >= 0.3 is 0 Å². The molecule has 0 amide bonds. The highest BCUT2D eigenvalue weighted by Crippen LogP contribution is 2.28. The molecule has 12 heteroatoms. The number of fused-ring (bicyclic) bond motifs is 2. The summed E-state index contributed by atoms with van der Waals surface area (Å²) in [5, 5.41) is 0.988. The maximum Gasteiger partial charge on any atom is 0.225 e. The number of imidazole rings is 1. The lowest BCUT2D eigenvalue weighted by atomic mass is 10.3. The Labute approximate surface area is 177 Å². The molecule has 0 saturated heterocycles. The molecular formula is C13H10Cl4IN7. The van der Waals surface area contributed by atoms with E-state index in [0.717, 1.165) is 5.56 Å². The molecule has 0 unspecified atom stereocenters. The van der Waals surface area contributed by atoms with Crippen molar-refractivity contribution in [2.24, 2.45) is 12.0 Å². The zero-order valence-electron chi connectivity index (χ0n) is 12.9. The predicted molar refractivity (Wildman–Crippen MR) is 110 cm³/mol. The predicted octanol–water partition coefficient (Wildman–Crippen LogP) is 4.76. The van der Waals surface area contributed by atoms with Crippen LogP contribution in [0.15, 0.2) is 11.3 Å². The average molecular weight is 533 g/mol. The molecule has 1 aliphatic rings. The Balaban J connectivity index is 0.000000165. The van der Waals surface area contributed by atoms with Gasteiger partial charge in [0.05, 0.1) is 6.33 Å². The van der Waals surface area contributed by atoms with E-state index < -0.39 is 0 Å². The third kappa shape index (κ3) is 4.88. The normalized spacial score (nSPS) is 11.5. The van der Waals surface area contributed by atoms with Crippen LogP contribution in [0.2, 0.25) is 20.9 Å². The fourth-order valence-corrected chi connectivity index (χ4v) is 2.87. The molecule has 0 fully saturated rings. The van der Waals surface area contributed by atoms with Crippen LogP contribution < -0.4 is 0 Å². The summed E-state index contributed by atoms with van der Waals surface area (Å²) in [7, 11) is 1.82. The highest BCUT2D eigenvalue weighted by Gasteiger charge is 2.14. The maximum atomic E-state index is 5.81. The largest absolute Gasteiger partial charge is 0.330 e. The van der Waals surface area contributed by atoms with Gasteiger partial charge in [0, 0.05) is 25.2 Å². The number of nitrogens with zero attached hydrogens (tertiary/aromatic N) is 7. The number of alkyl halides is 1. The van der Waals surface area contributed by atoms with Crippen LogP contribution >= 0.6 is 69.0 Å². The van der Waals surface area contributed by atoms with E-state index in [1.165, 1.54) is 0 Å². The van der Waals surface area contributed by atoms with E-state index in [1.807, 2.05) is 12.0 Å². The molecule has 0 aliphatic carbocycles. The van der Waals surface area contributed by atoms with Crippen LogP contribution in [0, 0.1) is 0 Å². The second-order valence-corrected chi connectivity index (χ2v) is 5.80. The average Bonchev–Trinajstić information content (AvgIpc) is 3.17. The summed E-state index contributed by atoms with van der Waals surface area (Å²) < 4.78 is 1.74. The van der Waals surface area contributed by atoms with Gasteiger partial charge in [0.1, 0.15) is 10.7 Å². The topological polar surface area (TPSA) is 81.7 Å². The second-order valence-electron chi connectivity index (χ2n) is 4.41. The van der Waals surface area contributed by atoms with Crippen molar-refractivity contribution in [3.05, 3.63) is 32.8 Å². The molecule has 3 aromatic rings. The lowest BCUT2D eigenvalue weighted by Gasteiger charge is -1.97. The van der Waals surface area contributed by atoms with E-state index in [9.17, 15) is 0 Å². The van der Waals surface area contributed by atoms with Crippen LogP contribution in [-0.4, -0.2) is 40.6 Å². The molecule has 0 aromatic carbocycles. The number of halogens is 5. The van der Waals surface area contributed by atoms with Crippen LogP contribution in [0.25, 0.3) is 11.2 Å². The van der Waals surface area contributed by atoms with Crippen LogP contribution in [0.1, 0.15) is 5.56 Å². The van der Waals surface area contributed by atoms with Crippen molar-refractivity contribution >= 4 is 92.2 Å². The molecule has 4 heterocycles. The molecule has 4 rings (SSSR count). The maximum absolute atomic E-state index is 5.81. The molecule has 0 saturated carbocycles. The number of aromatic nitrogens is 6. The highest BCUT2D eigenvalue weighted by molar-refractivity contribution is 14.1. The summed E-state index contributed by atoms with van der Waals surface area (Å²) in [6.45, 7) is 0. The third-order valence-corrected chi connectivity index (χ3v) is 3.83. The minimum atomic E-state index is 0.117. The molecular weight excluding hydrogens is 523 g/mol. The minimum absolute atomic E-state index is 0.117. The standard InChI is InChI=1S/C6H4Cl2N4.C6H3Cl2N3.CH3I/c1-12-2-9-5-3(12)4(7)10-6(8)11-5;7-4-3-1-2-9-5(3)11-6(8)10-4;1-2/h2H,1H3;2H,1H2;1H3. The van der Waals surface area contributed by atoms with Crippen molar-refractivity contribution in [1.29, 1.82) is 0 Å². The van der Waals surface area contributed by atoms with Crippen molar-refractivity contribution < 1.29 is 0 Å². The number of aliphatic imine (C=N–C) groups is 1. The van der Waals surface area contributed by atoms with E-state index in [4.69, 9.17) is 46.4 Å². The molecule has 0 spiro atoms. The Hall–Kier alpha value is -0.810. The van der Waals surface area contributed by atoms with Gasteiger partial charge in [-0.3, -0.25) is 0 Å². The molecule has 3 aromatic heterocycles. The van der Waals surface area contributed by atoms with Gasteiger partial charge in [-0.15, -0.1) is 0 Å². The first kappa shape index (κ1) is 20.5. The van der Waals surface area contributed by atoms with Crippen LogP contribution in [0.5, 0.6) is 0 Å². The van der Waals surface area contributed by atoms with Gasteiger partial charge in [-0.05, 0) is 28.1 Å². The van der Waals surface area contributed by atoms with Gasteiger partial charge in [-0.25, -0.2) is 19.9 Å². The van der Waals surface area contributed by atoms with Crippen LogP contribution in [-0.2, 0) is 13.5 Å². The summed E-state index contributed by atoms with van der Waals surface area (Å²) in [4.78, 5) is 25.3. The van der Waals surface area contributed by atoms with Gasteiger partial charge in [0.15, 0.2) is 16.6 Å². The van der Waals surface area contributed by atoms with Gasteiger partial charge in [-0.1, -0.05) is 45.8 Å². The third-order valence-electron chi connectivity index (χ3n) is 2.92. The zero-order valence-corrected chi connectivity index (χ0v) is 18.1. The Morgan fingerprint density at radius 2 is 1.60 bits per heavy atom. The molecule has 1 aliphatic heterocycles. The quantitative estimate of drug-likeness (QED) is 0.180. The Bertz CT molecular complexity index is 928. The van der Waals surface area contributed by atoms with Gasteiger partial charge < -0.3 is 4.57 Å². The number of rotatable bonds is 0. The fourth-order valence-electron chi connectivity index (χ4n) is 1.91. The Kier molecular flexibility index (Phi) is 7.56. The van der Waals surface area contributed by atoms with Crippen molar-refractivity contribution in [2.75, 3.05) is 4.93 Å². The van der Waals surface area contributed by atoms with E-state index in [-0.39, 0.29) is 10.6 Å². The number of aryl methyl sites for hydroxylation is 1. The molecule has 0 atom stereocenters. The number of hydrogen-bond donors (Lipinski definition) is 0. The first-order valence-electron chi connectivity index (χ1n) is 6.58. The van der Waals surface area contributed by atoms with E-state index in [1.54, 1.807) is 17.1 Å². The minimum Gasteiger partial charge on any atom is -0.330 e. The molecule has 0 bridgehead atoms. The lowest BCUT2D eigenvalue weighted by Crippen LogP contribution is -1.90. The summed E-state index contributed by atoms with van der Waals surface area (Å²) in [6.07, 6.45) is 4.05. The van der Waals surface area contributed by atoms with Crippen LogP contribution in [0.3, 0.4) is 0 Å². The Morgan fingerprint density at radius 1 is 0.960 bits per heavy atom. The van der Waals surface area contributed by atoms with Gasteiger partial charge in [-0.2, -0.15) is 9.97 Å². The highest BCUT2D eigenvalue weighted by atomic mass is 127. The van der Waals surface area contributed by atoms with Crippen molar-refractivity contribution in [1.82, 2.24) is 29.5 Å².